The van der Waals surface area contributed by atoms with E-state index in [-0.39, 0.29) is 11.9 Å². The van der Waals surface area contributed by atoms with E-state index in [0.29, 0.717) is 17.2 Å². The summed E-state index contributed by atoms with van der Waals surface area (Å²) in [6.07, 6.45) is 3.22. The molecule has 1 aliphatic heterocycles. The lowest BCUT2D eigenvalue weighted by molar-refractivity contribution is 0.0628. The SMILES string of the molecule is COc1cc(C(=O)N2CCCCC2CN)sc1Br. The van der Waals surface area contributed by atoms with Crippen molar-refractivity contribution in [1.82, 2.24) is 4.90 Å². The zero-order valence-corrected chi connectivity index (χ0v) is 12.7. The molecular weight excluding hydrogens is 316 g/mol. The van der Waals surface area contributed by atoms with Crippen molar-refractivity contribution >= 4 is 33.2 Å². The molecule has 6 heteroatoms. The van der Waals surface area contributed by atoms with Gasteiger partial charge in [0.15, 0.2) is 0 Å². The standard InChI is InChI=1S/C12H17BrN2O2S/c1-17-9-6-10(18-11(9)13)12(16)15-5-3-2-4-8(15)7-14/h6,8H,2-5,7,14H2,1H3. The van der Waals surface area contributed by atoms with Gasteiger partial charge in [0, 0.05) is 25.2 Å². The van der Waals surface area contributed by atoms with E-state index in [4.69, 9.17) is 10.5 Å². The van der Waals surface area contributed by atoms with Crippen molar-refractivity contribution < 1.29 is 9.53 Å². The van der Waals surface area contributed by atoms with Gasteiger partial charge in [0.05, 0.1) is 12.0 Å². The molecule has 0 radical (unpaired) electrons. The Balaban J connectivity index is 2.18. The molecule has 0 saturated carbocycles. The van der Waals surface area contributed by atoms with Crippen molar-refractivity contribution in [2.75, 3.05) is 20.2 Å². The molecule has 1 aromatic heterocycles. The molecular formula is C12H17BrN2O2S. The van der Waals surface area contributed by atoms with E-state index < -0.39 is 0 Å². The highest BCUT2D eigenvalue weighted by atomic mass is 79.9. The van der Waals surface area contributed by atoms with Gasteiger partial charge in [-0.3, -0.25) is 4.79 Å². The first kappa shape index (κ1) is 13.8. The number of carbonyl (C=O) groups is 1. The molecule has 0 aromatic carbocycles. The number of amides is 1. The first-order valence-electron chi connectivity index (χ1n) is 6.01. The molecule has 4 nitrogen and oxygen atoms in total. The lowest BCUT2D eigenvalue weighted by Gasteiger charge is -2.34. The Labute approximate surface area is 119 Å². The van der Waals surface area contributed by atoms with Gasteiger partial charge in [0.2, 0.25) is 0 Å². The number of nitrogens with zero attached hydrogens (tertiary/aromatic N) is 1. The second-order valence-corrected chi connectivity index (χ2v) is 6.71. The molecule has 0 bridgehead atoms. The molecule has 0 spiro atoms. The van der Waals surface area contributed by atoms with Gasteiger partial charge in [0.25, 0.3) is 5.91 Å². The number of likely N-dealkylation sites (tertiary alicyclic amines) is 1. The van der Waals surface area contributed by atoms with Crippen molar-refractivity contribution in [3.05, 3.63) is 14.7 Å². The Morgan fingerprint density at radius 1 is 1.67 bits per heavy atom. The fourth-order valence-corrected chi connectivity index (χ4v) is 3.86. The number of methoxy groups -OCH3 is 1. The van der Waals surface area contributed by atoms with Crippen LogP contribution in [0, 0.1) is 0 Å². The van der Waals surface area contributed by atoms with E-state index in [1.165, 1.54) is 11.3 Å². The Kier molecular flexibility index (Phi) is 4.64. The van der Waals surface area contributed by atoms with Gasteiger partial charge >= 0.3 is 0 Å². The van der Waals surface area contributed by atoms with Crippen LogP contribution in [0.15, 0.2) is 9.85 Å². The zero-order valence-electron chi connectivity index (χ0n) is 10.3. The number of halogens is 1. The number of piperidine rings is 1. The minimum Gasteiger partial charge on any atom is -0.495 e. The van der Waals surface area contributed by atoms with Gasteiger partial charge in [-0.1, -0.05) is 0 Å². The molecule has 1 unspecified atom stereocenters. The normalized spacial score (nSPS) is 19.9. The third-order valence-corrected chi connectivity index (χ3v) is 5.02. The predicted molar refractivity (Wildman–Crippen MR) is 76.3 cm³/mol. The van der Waals surface area contributed by atoms with Crippen molar-refractivity contribution in [1.29, 1.82) is 0 Å². The van der Waals surface area contributed by atoms with Crippen LogP contribution in [0.5, 0.6) is 5.75 Å². The molecule has 100 valence electrons. The van der Waals surface area contributed by atoms with Crippen molar-refractivity contribution in [2.24, 2.45) is 5.73 Å². The first-order chi connectivity index (χ1) is 8.67. The second-order valence-electron chi connectivity index (χ2n) is 4.34. The summed E-state index contributed by atoms with van der Waals surface area (Å²) in [5, 5.41) is 0. The van der Waals surface area contributed by atoms with E-state index in [2.05, 4.69) is 15.9 Å². The van der Waals surface area contributed by atoms with Crippen LogP contribution in [0.3, 0.4) is 0 Å². The summed E-state index contributed by atoms with van der Waals surface area (Å²) in [5.41, 5.74) is 5.75. The summed E-state index contributed by atoms with van der Waals surface area (Å²) in [5.74, 6) is 0.781. The third-order valence-electron chi connectivity index (χ3n) is 3.25. The number of thiophene rings is 1. The molecule has 1 saturated heterocycles. The summed E-state index contributed by atoms with van der Waals surface area (Å²) in [6, 6.07) is 1.97. The van der Waals surface area contributed by atoms with Gasteiger partial charge in [0.1, 0.15) is 9.54 Å². The maximum absolute atomic E-state index is 12.5. The summed E-state index contributed by atoms with van der Waals surface area (Å²) < 4.78 is 6.04. The second kappa shape index (κ2) is 6.04. The number of rotatable bonds is 3. The van der Waals surface area contributed by atoms with Crippen LogP contribution >= 0.6 is 27.3 Å². The van der Waals surface area contributed by atoms with Crippen LogP contribution in [0.4, 0.5) is 0 Å². The van der Waals surface area contributed by atoms with E-state index in [1.807, 2.05) is 4.90 Å². The van der Waals surface area contributed by atoms with Crippen LogP contribution < -0.4 is 10.5 Å². The number of hydrogen-bond donors (Lipinski definition) is 1. The largest absolute Gasteiger partial charge is 0.495 e. The first-order valence-corrected chi connectivity index (χ1v) is 7.62. The number of ether oxygens (including phenoxy) is 1. The van der Waals surface area contributed by atoms with Crippen LogP contribution in [0.2, 0.25) is 0 Å². The van der Waals surface area contributed by atoms with Gasteiger partial charge in [-0.25, -0.2) is 0 Å². The smallest absolute Gasteiger partial charge is 0.264 e. The van der Waals surface area contributed by atoms with Crippen LogP contribution in [-0.4, -0.2) is 37.0 Å². The van der Waals surface area contributed by atoms with Crippen molar-refractivity contribution in [3.8, 4) is 5.75 Å². The molecule has 1 atom stereocenters. The molecule has 1 fully saturated rings. The molecule has 1 aliphatic rings. The molecule has 2 heterocycles. The summed E-state index contributed by atoms with van der Waals surface area (Å²) in [7, 11) is 1.60. The van der Waals surface area contributed by atoms with Gasteiger partial charge < -0.3 is 15.4 Å². The van der Waals surface area contributed by atoms with E-state index >= 15 is 0 Å². The van der Waals surface area contributed by atoms with Gasteiger partial charge in [-0.2, -0.15) is 0 Å². The number of hydrogen-bond acceptors (Lipinski definition) is 4. The van der Waals surface area contributed by atoms with Crippen LogP contribution in [0.1, 0.15) is 28.9 Å². The van der Waals surface area contributed by atoms with Crippen LogP contribution in [0.25, 0.3) is 0 Å². The van der Waals surface area contributed by atoms with Crippen LogP contribution in [-0.2, 0) is 0 Å². The van der Waals surface area contributed by atoms with Crippen molar-refractivity contribution in [3.63, 3.8) is 0 Å². The number of nitrogens with two attached hydrogens (primary N) is 1. The van der Waals surface area contributed by atoms with E-state index in [9.17, 15) is 4.79 Å². The lowest BCUT2D eigenvalue weighted by atomic mass is 10.0. The molecule has 0 aliphatic carbocycles. The summed E-state index contributed by atoms with van der Waals surface area (Å²) in [6.45, 7) is 1.34. The topological polar surface area (TPSA) is 55.6 Å². The fraction of sp³-hybridized carbons (Fsp3) is 0.583. The highest BCUT2D eigenvalue weighted by molar-refractivity contribution is 9.11. The van der Waals surface area contributed by atoms with Gasteiger partial charge in [-0.05, 0) is 35.2 Å². The molecule has 1 aromatic rings. The average Bonchev–Trinajstić information content (AvgIpc) is 2.79. The highest BCUT2D eigenvalue weighted by Gasteiger charge is 2.28. The Bertz CT molecular complexity index is 436. The highest BCUT2D eigenvalue weighted by Crippen LogP contribution is 2.35. The average molecular weight is 333 g/mol. The van der Waals surface area contributed by atoms with Gasteiger partial charge in [-0.15, -0.1) is 11.3 Å². The molecule has 18 heavy (non-hydrogen) atoms. The maximum atomic E-state index is 12.5. The molecule has 2 N–H and O–H groups in total. The number of carbonyl (C=O) groups excluding carboxylic acids is 1. The minimum atomic E-state index is 0.0687. The minimum absolute atomic E-state index is 0.0687. The summed E-state index contributed by atoms with van der Waals surface area (Å²) in [4.78, 5) is 15.1. The summed E-state index contributed by atoms with van der Waals surface area (Å²) >= 11 is 4.81. The molecule has 1 amide bonds. The monoisotopic (exact) mass is 332 g/mol. The quantitative estimate of drug-likeness (QED) is 0.925. The Hall–Kier alpha value is -0.590. The van der Waals surface area contributed by atoms with Crippen molar-refractivity contribution in [2.45, 2.75) is 25.3 Å². The molecule has 2 rings (SSSR count). The fourth-order valence-electron chi connectivity index (χ4n) is 2.25. The van der Waals surface area contributed by atoms with E-state index in [0.717, 1.165) is 29.6 Å². The maximum Gasteiger partial charge on any atom is 0.264 e. The third kappa shape index (κ3) is 2.70. The lowest BCUT2D eigenvalue weighted by Crippen LogP contribution is -2.47. The zero-order chi connectivity index (χ0) is 13.1. The predicted octanol–water partition coefficient (Wildman–Crippen LogP) is 2.47. The van der Waals surface area contributed by atoms with E-state index in [1.54, 1.807) is 13.2 Å². The Morgan fingerprint density at radius 2 is 2.44 bits per heavy atom. The Morgan fingerprint density at radius 3 is 3.06 bits per heavy atom.